The molecule has 172 valence electrons. The maximum Gasteiger partial charge on any atom is 0.245 e. The minimum absolute atomic E-state index is 0.00800. The highest BCUT2D eigenvalue weighted by Crippen LogP contribution is 2.25. The summed E-state index contributed by atoms with van der Waals surface area (Å²) in [5.74, 6) is 0.480. The number of nitrogens with zero attached hydrogens (tertiary/aromatic N) is 5. The molecule has 10 heteroatoms. The molecule has 0 unspecified atom stereocenters. The minimum Gasteiger partial charge on any atom is -0.345 e. The van der Waals surface area contributed by atoms with Crippen molar-refractivity contribution in [2.75, 3.05) is 26.2 Å². The molecule has 1 aliphatic heterocycles. The molecule has 1 saturated heterocycles. The smallest absolute Gasteiger partial charge is 0.245 e. The Morgan fingerprint density at radius 3 is 2.59 bits per heavy atom. The Labute approximate surface area is 188 Å². The summed E-state index contributed by atoms with van der Waals surface area (Å²) < 4.78 is 29.8. The van der Waals surface area contributed by atoms with Gasteiger partial charge in [-0.05, 0) is 31.9 Å². The lowest BCUT2D eigenvalue weighted by Crippen LogP contribution is -2.50. The quantitative estimate of drug-likeness (QED) is 0.609. The monoisotopic (exact) mass is 458 g/mol. The van der Waals surface area contributed by atoms with E-state index in [0.29, 0.717) is 30.0 Å². The number of aromatic amines is 1. The first kappa shape index (κ1) is 22.5. The SMILES string of the molecule is Cc1nn(CC(C)C)c(C)c1CC(=O)N1CCN(S(=O)(=O)c2c[nH]c3ncccc23)CC1. The van der Waals surface area contributed by atoms with Gasteiger partial charge in [0.05, 0.1) is 12.1 Å². The van der Waals surface area contributed by atoms with Crippen molar-refractivity contribution in [3.05, 3.63) is 41.5 Å². The highest BCUT2D eigenvalue weighted by molar-refractivity contribution is 7.89. The van der Waals surface area contributed by atoms with Crippen molar-refractivity contribution in [2.45, 2.75) is 45.6 Å². The number of carbonyl (C=O) groups excluding carboxylic acids is 1. The van der Waals surface area contributed by atoms with Crippen molar-refractivity contribution in [1.82, 2.24) is 29.0 Å². The number of H-pyrrole nitrogens is 1. The molecule has 3 aromatic rings. The topological polar surface area (TPSA) is 104 Å². The number of fused-ring (bicyclic) bond motifs is 1. The van der Waals surface area contributed by atoms with Crippen molar-refractivity contribution in [3.63, 3.8) is 0 Å². The second-order valence-electron chi connectivity index (χ2n) is 8.74. The number of hydrogen-bond acceptors (Lipinski definition) is 5. The average Bonchev–Trinajstić information content (AvgIpc) is 3.30. The average molecular weight is 459 g/mol. The number of piperazine rings is 1. The molecule has 0 spiro atoms. The lowest BCUT2D eigenvalue weighted by molar-refractivity contribution is -0.131. The zero-order valence-corrected chi connectivity index (χ0v) is 19.8. The van der Waals surface area contributed by atoms with Crippen LogP contribution >= 0.6 is 0 Å². The fraction of sp³-hybridized carbons (Fsp3) is 0.500. The number of pyridine rings is 1. The highest BCUT2D eigenvalue weighted by atomic mass is 32.2. The number of nitrogens with one attached hydrogen (secondary N) is 1. The summed E-state index contributed by atoms with van der Waals surface area (Å²) in [6.45, 7) is 10.3. The van der Waals surface area contributed by atoms with Gasteiger partial charge in [-0.25, -0.2) is 13.4 Å². The molecular weight excluding hydrogens is 428 g/mol. The third kappa shape index (κ3) is 4.16. The molecule has 4 rings (SSSR count). The second-order valence-corrected chi connectivity index (χ2v) is 10.6. The normalized spacial score (nSPS) is 15.7. The molecule has 0 saturated carbocycles. The van der Waals surface area contributed by atoms with E-state index in [0.717, 1.165) is 23.5 Å². The van der Waals surface area contributed by atoms with Gasteiger partial charge in [-0.2, -0.15) is 9.40 Å². The van der Waals surface area contributed by atoms with Crippen LogP contribution < -0.4 is 0 Å². The molecule has 3 aromatic heterocycles. The van der Waals surface area contributed by atoms with Crippen LogP contribution in [0.4, 0.5) is 0 Å². The van der Waals surface area contributed by atoms with E-state index in [1.165, 1.54) is 10.5 Å². The predicted octanol–water partition coefficient (Wildman–Crippen LogP) is 2.11. The molecule has 0 bridgehead atoms. The zero-order chi connectivity index (χ0) is 23.0. The third-order valence-corrected chi connectivity index (χ3v) is 7.96. The molecule has 0 aromatic carbocycles. The van der Waals surface area contributed by atoms with Crippen LogP contribution in [0.2, 0.25) is 0 Å². The fourth-order valence-corrected chi connectivity index (χ4v) is 5.81. The van der Waals surface area contributed by atoms with Crippen LogP contribution in [0.25, 0.3) is 11.0 Å². The Bertz CT molecular complexity index is 1240. The largest absolute Gasteiger partial charge is 0.345 e. The van der Waals surface area contributed by atoms with Crippen LogP contribution in [0.15, 0.2) is 29.4 Å². The van der Waals surface area contributed by atoms with Gasteiger partial charge < -0.3 is 9.88 Å². The van der Waals surface area contributed by atoms with Crippen molar-refractivity contribution in [3.8, 4) is 0 Å². The van der Waals surface area contributed by atoms with E-state index in [1.54, 1.807) is 23.2 Å². The number of sulfonamides is 1. The van der Waals surface area contributed by atoms with Gasteiger partial charge in [-0.1, -0.05) is 13.8 Å². The van der Waals surface area contributed by atoms with Gasteiger partial charge in [0, 0.05) is 61.8 Å². The minimum atomic E-state index is -3.66. The molecule has 0 radical (unpaired) electrons. The highest BCUT2D eigenvalue weighted by Gasteiger charge is 2.32. The standard InChI is InChI=1S/C22H30N6O3S/c1-15(2)14-28-17(4)19(16(3)25-28)12-21(29)26-8-10-27(11-9-26)32(30,31)20-13-24-22-18(20)6-5-7-23-22/h5-7,13,15H,8-12,14H2,1-4H3,(H,23,24). The van der Waals surface area contributed by atoms with Crippen LogP contribution in [0.5, 0.6) is 0 Å². The van der Waals surface area contributed by atoms with Gasteiger partial charge in [-0.15, -0.1) is 0 Å². The van der Waals surface area contributed by atoms with Crippen LogP contribution in [-0.2, 0) is 27.8 Å². The Balaban J connectivity index is 1.43. The van der Waals surface area contributed by atoms with Gasteiger partial charge in [-0.3, -0.25) is 9.48 Å². The van der Waals surface area contributed by atoms with E-state index < -0.39 is 10.0 Å². The fourth-order valence-electron chi connectivity index (χ4n) is 4.24. The number of rotatable bonds is 6. The first-order valence-corrected chi connectivity index (χ1v) is 12.4. The molecule has 1 N–H and O–H groups in total. The maximum absolute atomic E-state index is 13.2. The lowest BCUT2D eigenvalue weighted by Gasteiger charge is -2.34. The van der Waals surface area contributed by atoms with E-state index in [9.17, 15) is 13.2 Å². The van der Waals surface area contributed by atoms with E-state index in [4.69, 9.17) is 0 Å². The number of aromatic nitrogens is 4. The van der Waals surface area contributed by atoms with Crippen molar-refractivity contribution >= 4 is 27.0 Å². The van der Waals surface area contributed by atoms with Gasteiger partial charge in [0.2, 0.25) is 15.9 Å². The van der Waals surface area contributed by atoms with E-state index in [1.807, 2.05) is 18.5 Å². The molecule has 9 nitrogen and oxygen atoms in total. The van der Waals surface area contributed by atoms with Gasteiger partial charge >= 0.3 is 0 Å². The van der Waals surface area contributed by atoms with Crippen LogP contribution in [0.1, 0.15) is 30.8 Å². The van der Waals surface area contributed by atoms with Crippen molar-refractivity contribution in [1.29, 1.82) is 0 Å². The maximum atomic E-state index is 13.2. The van der Waals surface area contributed by atoms with Crippen molar-refractivity contribution < 1.29 is 13.2 Å². The Kier molecular flexibility index (Phi) is 6.09. The molecule has 32 heavy (non-hydrogen) atoms. The molecule has 1 aliphatic rings. The molecule has 4 heterocycles. The first-order valence-electron chi connectivity index (χ1n) is 10.9. The van der Waals surface area contributed by atoms with Crippen LogP contribution in [-0.4, -0.2) is 69.5 Å². The number of hydrogen-bond donors (Lipinski definition) is 1. The van der Waals surface area contributed by atoms with E-state index >= 15 is 0 Å². The van der Waals surface area contributed by atoms with E-state index in [2.05, 4.69) is 28.9 Å². The lowest BCUT2D eigenvalue weighted by atomic mass is 10.1. The summed E-state index contributed by atoms with van der Waals surface area (Å²) in [6.07, 6.45) is 3.40. The molecule has 1 fully saturated rings. The third-order valence-electron chi connectivity index (χ3n) is 6.02. The van der Waals surface area contributed by atoms with Gasteiger partial charge in [0.15, 0.2) is 0 Å². The van der Waals surface area contributed by atoms with Gasteiger partial charge in [0.25, 0.3) is 0 Å². The van der Waals surface area contributed by atoms with Gasteiger partial charge in [0.1, 0.15) is 10.5 Å². The Morgan fingerprint density at radius 1 is 1.19 bits per heavy atom. The molecule has 1 amide bonds. The van der Waals surface area contributed by atoms with E-state index in [-0.39, 0.29) is 30.3 Å². The summed E-state index contributed by atoms with van der Waals surface area (Å²) in [5, 5.41) is 5.18. The number of carbonyl (C=O) groups is 1. The molecule has 0 atom stereocenters. The Hall–Kier alpha value is -2.72. The summed E-state index contributed by atoms with van der Waals surface area (Å²) >= 11 is 0. The molecule has 0 aliphatic carbocycles. The Morgan fingerprint density at radius 2 is 1.91 bits per heavy atom. The summed E-state index contributed by atoms with van der Waals surface area (Å²) in [6, 6.07) is 3.47. The van der Waals surface area contributed by atoms with Crippen LogP contribution in [0.3, 0.4) is 0 Å². The zero-order valence-electron chi connectivity index (χ0n) is 19.0. The number of aryl methyl sites for hydroxylation is 1. The van der Waals surface area contributed by atoms with Crippen LogP contribution in [0, 0.1) is 19.8 Å². The predicted molar refractivity (Wildman–Crippen MR) is 122 cm³/mol. The summed E-state index contributed by atoms with van der Waals surface area (Å²) in [7, 11) is -3.66. The summed E-state index contributed by atoms with van der Waals surface area (Å²) in [4.78, 5) is 22.0. The van der Waals surface area contributed by atoms with Crippen molar-refractivity contribution in [2.24, 2.45) is 5.92 Å². The first-order chi connectivity index (χ1) is 15.2. The molecular formula is C22H30N6O3S. The number of amides is 1. The summed E-state index contributed by atoms with van der Waals surface area (Å²) in [5.41, 5.74) is 3.42. The second kappa shape index (κ2) is 8.67.